The van der Waals surface area contributed by atoms with E-state index in [0.717, 1.165) is 12.8 Å². The highest BCUT2D eigenvalue weighted by molar-refractivity contribution is 5.69. The van der Waals surface area contributed by atoms with Gasteiger partial charge in [0.2, 0.25) is 0 Å². The molecule has 1 rings (SSSR count). The maximum Gasteiger partial charge on any atom is 0.306 e. The second-order valence-electron chi connectivity index (χ2n) is 12.6. The third-order valence-electron chi connectivity index (χ3n) is 7.88. The SMILES string of the molecule is CCCCCCCCCCCCCCCCCCCCCC(=O)OC1CC(C)(C)N(O)C(C)(C)C1. The molecule has 1 N–H and O–H groups in total. The van der Waals surface area contributed by atoms with Crippen LogP contribution in [0.5, 0.6) is 0 Å². The molecule has 0 aromatic carbocycles. The first-order valence-corrected chi connectivity index (χ1v) is 15.4. The van der Waals surface area contributed by atoms with Crippen LogP contribution in [0.1, 0.15) is 176 Å². The van der Waals surface area contributed by atoms with Gasteiger partial charge in [0.05, 0.1) is 0 Å². The van der Waals surface area contributed by atoms with Crippen molar-refractivity contribution in [2.45, 2.75) is 193 Å². The summed E-state index contributed by atoms with van der Waals surface area (Å²) in [6.07, 6.45) is 27.6. The summed E-state index contributed by atoms with van der Waals surface area (Å²) < 4.78 is 5.77. The van der Waals surface area contributed by atoms with Crippen molar-refractivity contribution in [2.75, 3.05) is 0 Å². The number of hydrogen-bond acceptors (Lipinski definition) is 4. The second-order valence-corrected chi connectivity index (χ2v) is 12.6. The number of hydroxylamine groups is 2. The summed E-state index contributed by atoms with van der Waals surface area (Å²) in [4.78, 5) is 12.3. The van der Waals surface area contributed by atoms with Gasteiger partial charge in [0.15, 0.2) is 0 Å². The number of carbonyl (C=O) groups excluding carboxylic acids is 1. The van der Waals surface area contributed by atoms with Crippen LogP contribution >= 0.6 is 0 Å². The van der Waals surface area contributed by atoms with Crippen LogP contribution in [0.15, 0.2) is 0 Å². The number of nitrogens with zero attached hydrogens (tertiary/aromatic N) is 1. The van der Waals surface area contributed by atoms with E-state index >= 15 is 0 Å². The van der Waals surface area contributed by atoms with Gasteiger partial charge in [-0.3, -0.25) is 4.79 Å². The van der Waals surface area contributed by atoms with E-state index < -0.39 is 0 Å². The fourth-order valence-corrected chi connectivity index (χ4v) is 5.85. The van der Waals surface area contributed by atoms with Crippen molar-refractivity contribution in [1.82, 2.24) is 5.06 Å². The van der Waals surface area contributed by atoms with Crippen molar-refractivity contribution in [1.29, 1.82) is 0 Å². The molecule has 1 fully saturated rings. The molecule has 35 heavy (non-hydrogen) atoms. The summed E-state index contributed by atoms with van der Waals surface area (Å²) in [5.41, 5.74) is -0.750. The standard InChI is InChI=1S/C31H61NO3/c1-6-7-8-9-10-11-12-13-14-15-16-17-18-19-20-21-22-23-24-25-29(33)35-28-26-30(2,3)32(34)31(4,5)27-28/h28,34H,6-27H2,1-5H3. The van der Waals surface area contributed by atoms with Gasteiger partial charge in [-0.15, -0.1) is 0 Å². The molecule has 1 saturated heterocycles. The first-order valence-electron chi connectivity index (χ1n) is 15.4. The van der Waals surface area contributed by atoms with Crippen molar-refractivity contribution < 1.29 is 14.7 Å². The number of piperidine rings is 1. The zero-order valence-corrected chi connectivity index (χ0v) is 24.3. The topological polar surface area (TPSA) is 49.8 Å². The van der Waals surface area contributed by atoms with E-state index in [2.05, 4.69) is 6.92 Å². The average Bonchev–Trinajstić information content (AvgIpc) is 2.78. The Balaban J connectivity index is 1.87. The van der Waals surface area contributed by atoms with E-state index in [1.54, 1.807) is 0 Å². The van der Waals surface area contributed by atoms with Crippen LogP contribution in [0, 0.1) is 0 Å². The van der Waals surface area contributed by atoms with E-state index in [4.69, 9.17) is 4.74 Å². The smallest absolute Gasteiger partial charge is 0.306 e. The number of esters is 1. The second kappa shape index (κ2) is 18.6. The van der Waals surface area contributed by atoms with Crippen molar-refractivity contribution in [3.8, 4) is 0 Å². The molecule has 0 unspecified atom stereocenters. The molecule has 0 atom stereocenters. The highest BCUT2D eigenvalue weighted by Crippen LogP contribution is 2.38. The monoisotopic (exact) mass is 495 g/mol. The minimum Gasteiger partial charge on any atom is -0.462 e. The van der Waals surface area contributed by atoms with E-state index in [0.29, 0.717) is 19.3 Å². The molecule has 0 radical (unpaired) electrons. The Labute approximate surface area is 218 Å². The fraction of sp³-hybridized carbons (Fsp3) is 0.968. The van der Waals surface area contributed by atoms with Gasteiger partial charge < -0.3 is 9.94 Å². The Kier molecular flexibility index (Phi) is 17.2. The summed E-state index contributed by atoms with van der Waals surface area (Å²) in [5, 5.41) is 11.8. The van der Waals surface area contributed by atoms with Crippen LogP contribution in [0.3, 0.4) is 0 Å². The van der Waals surface area contributed by atoms with Crippen molar-refractivity contribution >= 4 is 5.97 Å². The molecule has 0 aromatic rings. The van der Waals surface area contributed by atoms with Crippen LogP contribution in [0.4, 0.5) is 0 Å². The van der Waals surface area contributed by atoms with Crippen LogP contribution in [-0.2, 0) is 9.53 Å². The largest absolute Gasteiger partial charge is 0.462 e. The highest BCUT2D eigenvalue weighted by atomic mass is 16.5. The quantitative estimate of drug-likeness (QED) is 0.127. The van der Waals surface area contributed by atoms with Crippen LogP contribution in [-0.4, -0.2) is 33.4 Å². The first kappa shape index (κ1) is 32.4. The van der Waals surface area contributed by atoms with E-state index in [1.807, 2.05) is 27.7 Å². The molecule has 0 spiro atoms. The van der Waals surface area contributed by atoms with Crippen LogP contribution in [0.2, 0.25) is 0 Å². The van der Waals surface area contributed by atoms with Crippen molar-refractivity contribution in [2.24, 2.45) is 0 Å². The van der Waals surface area contributed by atoms with Crippen molar-refractivity contribution in [3.63, 3.8) is 0 Å². The highest BCUT2D eigenvalue weighted by Gasteiger charge is 2.46. The molecule has 1 aliphatic rings. The molecule has 4 heteroatoms. The summed E-state index contributed by atoms with van der Waals surface area (Å²) >= 11 is 0. The fourth-order valence-electron chi connectivity index (χ4n) is 5.85. The molecule has 0 bridgehead atoms. The van der Waals surface area contributed by atoms with Gasteiger partial charge in [0, 0.05) is 30.3 Å². The van der Waals surface area contributed by atoms with Crippen LogP contribution in [0.25, 0.3) is 0 Å². The molecule has 1 heterocycles. The van der Waals surface area contributed by atoms with Gasteiger partial charge in [-0.05, 0) is 34.1 Å². The molecular weight excluding hydrogens is 434 g/mol. The number of unbranched alkanes of at least 4 members (excludes halogenated alkanes) is 18. The summed E-state index contributed by atoms with van der Waals surface area (Å²) in [5.74, 6) is -0.0695. The summed E-state index contributed by atoms with van der Waals surface area (Å²) in [6, 6.07) is 0. The lowest BCUT2D eigenvalue weighted by molar-refractivity contribution is -0.259. The zero-order valence-electron chi connectivity index (χ0n) is 24.3. The molecule has 208 valence electrons. The van der Waals surface area contributed by atoms with Gasteiger partial charge in [-0.25, -0.2) is 0 Å². The van der Waals surface area contributed by atoms with Gasteiger partial charge in [0.25, 0.3) is 0 Å². The Hall–Kier alpha value is -0.610. The minimum absolute atomic E-state index is 0.0695. The molecular formula is C31H61NO3. The lowest BCUT2D eigenvalue weighted by Gasteiger charge is -2.50. The van der Waals surface area contributed by atoms with Gasteiger partial charge >= 0.3 is 5.97 Å². The molecule has 4 nitrogen and oxygen atoms in total. The third kappa shape index (κ3) is 15.3. The third-order valence-corrected chi connectivity index (χ3v) is 7.88. The summed E-state index contributed by atoms with van der Waals surface area (Å²) in [7, 11) is 0. The predicted molar refractivity (Wildman–Crippen MR) is 149 cm³/mol. The maximum absolute atomic E-state index is 12.3. The molecule has 0 aromatic heterocycles. The Bertz CT molecular complexity index is 513. The number of rotatable bonds is 21. The number of carbonyl (C=O) groups is 1. The Morgan fingerprint density at radius 1 is 0.657 bits per heavy atom. The van der Waals surface area contributed by atoms with E-state index in [9.17, 15) is 10.0 Å². The lowest BCUT2D eigenvalue weighted by atomic mass is 9.80. The normalized spacial score (nSPS) is 18.1. The van der Waals surface area contributed by atoms with Crippen LogP contribution < -0.4 is 0 Å². The summed E-state index contributed by atoms with van der Waals surface area (Å²) in [6.45, 7) is 10.3. The molecule has 0 amide bonds. The predicted octanol–water partition coefficient (Wildman–Crippen LogP) is 9.76. The van der Waals surface area contributed by atoms with E-state index in [1.165, 1.54) is 114 Å². The van der Waals surface area contributed by atoms with Gasteiger partial charge in [0.1, 0.15) is 6.10 Å². The maximum atomic E-state index is 12.3. The zero-order chi connectivity index (χ0) is 26.0. The minimum atomic E-state index is -0.375. The average molecular weight is 496 g/mol. The first-order chi connectivity index (χ1) is 16.7. The van der Waals surface area contributed by atoms with Crippen molar-refractivity contribution in [3.05, 3.63) is 0 Å². The number of hydrogen-bond donors (Lipinski definition) is 1. The number of ether oxygens (including phenoxy) is 1. The molecule has 0 aliphatic carbocycles. The molecule has 0 saturated carbocycles. The van der Waals surface area contributed by atoms with Gasteiger partial charge in [-0.1, -0.05) is 122 Å². The lowest BCUT2D eigenvalue weighted by Crippen LogP contribution is -2.60. The molecule has 1 aliphatic heterocycles. The van der Waals surface area contributed by atoms with Gasteiger partial charge in [-0.2, -0.15) is 5.06 Å². The Morgan fingerprint density at radius 2 is 0.971 bits per heavy atom. The Morgan fingerprint density at radius 3 is 1.31 bits per heavy atom. The van der Waals surface area contributed by atoms with E-state index in [-0.39, 0.29) is 23.2 Å².